The molecule has 0 atom stereocenters. The monoisotopic (exact) mass is 404 g/mol. The Labute approximate surface area is 174 Å². The molecule has 1 amide bonds. The number of nitrogens with zero attached hydrogens (tertiary/aromatic N) is 3. The molecule has 0 saturated carbocycles. The summed E-state index contributed by atoms with van der Waals surface area (Å²) in [6.45, 7) is 4.58. The molecule has 0 aliphatic rings. The van der Waals surface area contributed by atoms with Gasteiger partial charge in [-0.2, -0.15) is 5.10 Å². The van der Waals surface area contributed by atoms with E-state index in [2.05, 4.69) is 10.4 Å². The van der Waals surface area contributed by atoms with Gasteiger partial charge in [0, 0.05) is 12.6 Å². The second-order valence-electron chi connectivity index (χ2n) is 7.31. The van der Waals surface area contributed by atoms with Crippen molar-refractivity contribution >= 4 is 16.9 Å². The Kier molecular flexibility index (Phi) is 5.52. The lowest BCUT2D eigenvalue weighted by Crippen LogP contribution is -2.26. The van der Waals surface area contributed by atoms with Crippen molar-refractivity contribution in [2.75, 3.05) is 13.7 Å². The molecule has 0 bridgehead atoms. The minimum absolute atomic E-state index is 0.118. The molecule has 0 radical (unpaired) electrons. The molecule has 1 aromatic carbocycles. The number of methoxy groups -OCH3 is 1. The van der Waals surface area contributed by atoms with Crippen molar-refractivity contribution in [3.05, 3.63) is 66.1 Å². The normalized spacial score (nSPS) is 11.2. The number of benzene rings is 1. The smallest absolute Gasteiger partial charge is 0.252 e. The minimum Gasteiger partial charge on any atom is -0.497 e. The van der Waals surface area contributed by atoms with E-state index in [1.807, 2.05) is 48.9 Å². The van der Waals surface area contributed by atoms with Crippen LogP contribution in [-0.4, -0.2) is 34.3 Å². The first-order chi connectivity index (χ1) is 14.6. The summed E-state index contributed by atoms with van der Waals surface area (Å²) < 4.78 is 12.5. The Balaban J connectivity index is 1.59. The number of aromatic nitrogens is 3. The van der Waals surface area contributed by atoms with Crippen LogP contribution in [-0.2, 0) is 6.42 Å². The largest absolute Gasteiger partial charge is 0.497 e. The molecule has 3 heterocycles. The van der Waals surface area contributed by atoms with Crippen molar-refractivity contribution in [1.82, 2.24) is 20.1 Å². The van der Waals surface area contributed by atoms with Gasteiger partial charge in [0.25, 0.3) is 5.91 Å². The third kappa shape index (κ3) is 3.91. The fourth-order valence-corrected chi connectivity index (χ4v) is 3.34. The minimum atomic E-state index is -0.160. The van der Waals surface area contributed by atoms with Gasteiger partial charge < -0.3 is 14.5 Å². The third-order valence-corrected chi connectivity index (χ3v) is 4.93. The molecule has 0 spiro atoms. The maximum absolute atomic E-state index is 13.0. The van der Waals surface area contributed by atoms with Gasteiger partial charge in [-0.15, -0.1) is 0 Å². The van der Waals surface area contributed by atoms with Gasteiger partial charge in [-0.3, -0.25) is 4.79 Å². The molecule has 7 nitrogen and oxygen atoms in total. The number of rotatable bonds is 7. The Morgan fingerprint density at radius 1 is 1.23 bits per heavy atom. The van der Waals surface area contributed by atoms with E-state index in [0.29, 0.717) is 29.2 Å². The van der Waals surface area contributed by atoms with Crippen LogP contribution in [0.25, 0.3) is 22.5 Å². The van der Waals surface area contributed by atoms with Crippen LogP contribution in [0.5, 0.6) is 5.75 Å². The first-order valence-corrected chi connectivity index (χ1v) is 9.90. The molecule has 3 aromatic heterocycles. The zero-order valence-electron chi connectivity index (χ0n) is 17.3. The van der Waals surface area contributed by atoms with Crippen LogP contribution < -0.4 is 10.1 Å². The standard InChI is InChI=1S/C23H24N4O3/c1-15(2)27-22-19(14-25-27)18(13-20(26-22)21-5-4-12-30-21)23(28)24-11-10-16-6-8-17(29-3)9-7-16/h4-9,12-15H,10-11H2,1-3H3,(H,24,28). The predicted molar refractivity (Wildman–Crippen MR) is 115 cm³/mol. The molecule has 7 heteroatoms. The third-order valence-electron chi connectivity index (χ3n) is 4.93. The summed E-state index contributed by atoms with van der Waals surface area (Å²) in [5.74, 6) is 1.27. The van der Waals surface area contributed by atoms with Gasteiger partial charge in [0.15, 0.2) is 11.4 Å². The zero-order chi connectivity index (χ0) is 21.1. The molecular formula is C23H24N4O3. The zero-order valence-corrected chi connectivity index (χ0v) is 17.3. The number of pyridine rings is 1. The van der Waals surface area contributed by atoms with Crippen LogP contribution in [0, 0.1) is 0 Å². The van der Waals surface area contributed by atoms with Crippen molar-refractivity contribution in [2.45, 2.75) is 26.3 Å². The number of nitrogens with one attached hydrogen (secondary N) is 1. The lowest BCUT2D eigenvalue weighted by molar-refractivity contribution is 0.0955. The molecule has 154 valence electrons. The van der Waals surface area contributed by atoms with Crippen LogP contribution in [0.15, 0.2) is 59.3 Å². The predicted octanol–water partition coefficient (Wildman–Crippen LogP) is 4.25. The van der Waals surface area contributed by atoms with Crippen LogP contribution in [0.2, 0.25) is 0 Å². The SMILES string of the molecule is COc1ccc(CCNC(=O)c2cc(-c3ccco3)nc3c2cnn3C(C)C)cc1. The van der Waals surface area contributed by atoms with Crippen LogP contribution in [0.3, 0.4) is 0 Å². The molecule has 0 unspecified atom stereocenters. The van der Waals surface area contributed by atoms with Crippen LogP contribution in [0.1, 0.15) is 35.8 Å². The lowest BCUT2D eigenvalue weighted by Gasteiger charge is -2.10. The van der Waals surface area contributed by atoms with Crippen molar-refractivity contribution in [3.8, 4) is 17.2 Å². The molecule has 1 N–H and O–H groups in total. The second kappa shape index (κ2) is 8.41. The number of hydrogen-bond donors (Lipinski definition) is 1. The fourth-order valence-electron chi connectivity index (χ4n) is 3.34. The first-order valence-electron chi connectivity index (χ1n) is 9.90. The van der Waals surface area contributed by atoms with E-state index in [0.717, 1.165) is 23.1 Å². The van der Waals surface area contributed by atoms with E-state index in [-0.39, 0.29) is 11.9 Å². The highest BCUT2D eigenvalue weighted by Crippen LogP contribution is 2.26. The summed E-state index contributed by atoms with van der Waals surface area (Å²) in [6.07, 6.45) is 4.02. The number of hydrogen-bond acceptors (Lipinski definition) is 5. The topological polar surface area (TPSA) is 82.2 Å². The van der Waals surface area contributed by atoms with E-state index >= 15 is 0 Å². The molecule has 0 aliphatic carbocycles. The van der Waals surface area contributed by atoms with Gasteiger partial charge in [-0.1, -0.05) is 12.1 Å². The Morgan fingerprint density at radius 3 is 2.70 bits per heavy atom. The highest BCUT2D eigenvalue weighted by molar-refractivity contribution is 6.06. The average Bonchev–Trinajstić information content (AvgIpc) is 3.43. The Morgan fingerprint density at radius 2 is 2.03 bits per heavy atom. The van der Waals surface area contributed by atoms with Gasteiger partial charge in [0.1, 0.15) is 11.4 Å². The van der Waals surface area contributed by atoms with Gasteiger partial charge in [0.05, 0.1) is 30.5 Å². The summed E-state index contributed by atoms with van der Waals surface area (Å²) >= 11 is 0. The molecular weight excluding hydrogens is 380 g/mol. The van der Waals surface area contributed by atoms with Crippen molar-refractivity contribution < 1.29 is 13.9 Å². The maximum Gasteiger partial charge on any atom is 0.252 e. The van der Waals surface area contributed by atoms with E-state index < -0.39 is 0 Å². The van der Waals surface area contributed by atoms with Crippen molar-refractivity contribution in [2.24, 2.45) is 0 Å². The van der Waals surface area contributed by atoms with E-state index in [9.17, 15) is 4.79 Å². The highest BCUT2D eigenvalue weighted by Gasteiger charge is 2.19. The Hall–Kier alpha value is -3.61. The number of carbonyl (C=O) groups excluding carboxylic acids is 1. The van der Waals surface area contributed by atoms with Crippen LogP contribution in [0.4, 0.5) is 0 Å². The second-order valence-corrected chi connectivity index (χ2v) is 7.31. The Bertz CT molecular complexity index is 1150. The van der Waals surface area contributed by atoms with Gasteiger partial charge in [-0.25, -0.2) is 9.67 Å². The molecule has 0 aliphatic heterocycles. The summed E-state index contributed by atoms with van der Waals surface area (Å²) in [5.41, 5.74) is 2.93. The summed E-state index contributed by atoms with van der Waals surface area (Å²) in [7, 11) is 1.64. The number of furan rings is 1. The lowest BCUT2D eigenvalue weighted by atomic mass is 10.1. The molecule has 0 fully saturated rings. The van der Waals surface area contributed by atoms with Gasteiger partial charge in [0.2, 0.25) is 0 Å². The summed E-state index contributed by atoms with van der Waals surface area (Å²) in [4.78, 5) is 17.7. The molecule has 4 rings (SSSR count). The fraction of sp³-hybridized carbons (Fsp3) is 0.261. The number of ether oxygens (including phenoxy) is 1. The average molecular weight is 404 g/mol. The number of amides is 1. The highest BCUT2D eigenvalue weighted by atomic mass is 16.5. The summed E-state index contributed by atoms with van der Waals surface area (Å²) in [6, 6.07) is 13.3. The first kappa shape index (κ1) is 19.7. The van der Waals surface area contributed by atoms with Crippen LogP contribution >= 0.6 is 0 Å². The number of fused-ring (bicyclic) bond motifs is 1. The van der Waals surface area contributed by atoms with E-state index in [4.69, 9.17) is 14.1 Å². The quantitative estimate of drug-likeness (QED) is 0.498. The summed E-state index contributed by atoms with van der Waals surface area (Å²) in [5, 5.41) is 8.17. The maximum atomic E-state index is 13.0. The molecule has 30 heavy (non-hydrogen) atoms. The van der Waals surface area contributed by atoms with E-state index in [1.54, 1.807) is 31.7 Å². The number of carbonyl (C=O) groups is 1. The van der Waals surface area contributed by atoms with Crippen molar-refractivity contribution in [1.29, 1.82) is 0 Å². The van der Waals surface area contributed by atoms with E-state index in [1.165, 1.54) is 0 Å². The van der Waals surface area contributed by atoms with Gasteiger partial charge in [-0.05, 0) is 56.2 Å². The van der Waals surface area contributed by atoms with Gasteiger partial charge >= 0.3 is 0 Å². The molecule has 0 saturated heterocycles. The molecule has 4 aromatic rings. The van der Waals surface area contributed by atoms with Crippen molar-refractivity contribution in [3.63, 3.8) is 0 Å².